The van der Waals surface area contributed by atoms with Crippen LogP contribution in [0.4, 0.5) is 5.69 Å². The molecule has 1 aliphatic carbocycles. The monoisotopic (exact) mass is 286 g/mol. The van der Waals surface area contributed by atoms with Gasteiger partial charge in [0.1, 0.15) is 0 Å². The van der Waals surface area contributed by atoms with Crippen molar-refractivity contribution in [1.82, 2.24) is 4.90 Å². The average Bonchev–Trinajstić information content (AvgIpc) is 2.75. The molecule has 1 unspecified atom stereocenters. The molecular weight excluding hydrogens is 264 g/mol. The molecular formula is C17H22N2O2. The number of carbonyl (C=O) groups is 2. The first-order valence-corrected chi connectivity index (χ1v) is 7.91. The van der Waals surface area contributed by atoms with Gasteiger partial charge in [0.25, 0.3) is 11.8 Å². The zero-order valence-electron chi connectivity index (χ0n) is 12.5. The maximum absolute atomic E-state index is 12.7. The van der Waals surface area contributed by atoms with E-state index in [2.05, 4.69) is 6.92 Å². The lowest BCUT2D eigenvalue weighted by molar-refractivity contribution is 0.0491. The van der Waals surface area contributed by atoms with E-state index in [1.54, 1.807) is 18.2 Å². The Hall–Kier alpha value is -1.84. The van der Waals surface area contributed by atoms with Crippen LogP contribution in [0, 0.1) is 5.92 Å². The van der Waals surface area contributed by atoms with Crippen molar-refractivity contribution in [2.75, 3.05) is 5.73 Å². The third-order valence-corrected chi connectivity index (χ3v) is 4.92. The topological polar surface area (TPSA) is 63.4 Å². The number of fused-ring (bicyclic) bond motifs is 1. The van der Waals surface area contributed by atoms with Crippen molar-refractivity contribution in [1.29, 1.82) is 0 Å². The summed E-state index contributed by atoms with van der Waals surface area (Å²) in [5.41, 5.74) is 7.18. The van der Waals surface area contributed by atoms with Crippen molar-refractivity contribution < 1.29 is 9.59 Å². The third kappa shape index (κ3) is 2.23. The van der Waals surface area contributed by atoms with Gasteiger partial charge in [0.15, 0.2) is 0 Å². The van der Waals surface area contributed by atoms with Crippen LogP contribution < -0.4 is 5.73 Å². The minimum absolute atomic E-state index is 0.0112. The Morgan fingerprint density at radius 2 is 1.90 bits per heavy atom. The molecule has 0 aromatic heterocycles. The second-order valence-electron chi connectivity index (χ2n) is 6.12. The molecule has 2 aliphatic rings. The van der Waals surface area contributed by atoms with Gasteiger partial charge in [-0.15, -0.1) is 0 Å². The van der Waals surface area contributed by atoms with E-state index >= 15 is 0 Å². The lowest BCUT2D eigenvalue weighted by Crippen LogP contribution is -2.44. The molecule has 0 spiro atoms. The van der Waals surface area contributed by atoms with Crippen LogP contribution in [-0.4, -0.2) is 22.8 Å². The summed E-state index contributed by atoms with van der Waals surface area (Å²) in [6.45, 7) is 2.06. The molecule has 112 valence electrons. The quantitative estimate of drug-likeness (QED) is 0.685. The molecule has 4 heteroatoms. The summed E-state index contributed by atoms with van der Waals surface area (Å²) in [6.07, 6.45) is 6.71. The molecule has 1 fully saturated rings. The van der Waals surface area contributed by atoms with Crippen LogP contribution >= 0.6 is 0 Å². The van der Waals surface area contributed by atoms with E-state index < -0.39 is 0 Å². The molecule has 2 amide bonds. The fourth-order valence-corrected chi connectivity index (χ4v) is 3.88. The summed E-state index contributed by atoms with van der Waals surface area (Å²) in [7, 11) is 0. The third-order valence-electron chi connectivity index (χ3n) is 4.92. The van der Waals surface area contributed by atoms with Gasteiger partial charge < -0.3 is 5.73 Å². The normalized spacial score (nSPS) is 20.7. The van der Waals surface area contributed by atoms with Gasteiger partial charge in [-0.2, -0.15) is 0 Å². The Labute approximate surface area is 125 Å². The van der Waals surface area contributed by atoms with Crippen LogP contribution in [0.2, 0.25) is 0 Å². The van der Waals surface area contributed by atoms with E-state index in [0.29, 0.717) is 22.7 Å². The van der Waals surface area contributed by atoms with E-state index in [1.807, 2.05) is 0 Å². The van der Waals surface area contributed by atoms with Crippen LogP contribution in [0.3, 0.4) is 0 Å². The molecule has 1 saturated carbocycles. The Morgan fingerprint density at radius 1 is 1.19 bits per heavy atom. The zero-order chi connectivity index (χ0) is 15.0. The van der Waals surface area contributed by atoms with E-state index in [0.717, 1.165) is 19.3 Å². The van der Waals surface area contributed by atoms with Gasteiger partial charge in [0.05, 0.1) is 11.1 Å². The molecule has 2 N–H and O–H groups in total. The van der Waals surface area contributed by atoms with Gasteiger partial charge in [0, 0.05) is 11.7 Å². The second-order valence-corrected chi connectivity index (χ2v) is 6.12. The van der Waals surface area contributed by atoms with Crippen LogP contribution in [-0.2, 0) is 0 Å². The molecule has 21 heavy (non-hydrogen) atoms. The number of nitrogens with two attached hydrogens (primary N) is 1. The summed E-state index contributed by atoms with van der Waals surface area (Å²) in [5.74, 6) is 0.0671. The zero-order valence-corrected chi connectivity index (χ0v) is 12.5. The second kappa shape index (κ2) is 5.51. The first-order valence-electron chi connectivity index (χ1n) is 7.91. The van der Waals surface area contributed by atoms with Gasteiger partial charge in [-0.1, -0.05) is 32.3 Å². The van der Waals surface area contributed by atoms with Crippen molar-refractivity contribution in [2.24, 2.45) is 5.92 Å². The molecule has 0 saturated heterocycles. The molecule has 3 rings (SSSR count). The molecule has 0 bridgehead atoms. The Morgan fingerprint density at radius 3 is 2.52 bits per heavy atom. The summed E-state index contributed by atoms with van der Waals surface area (Å²) < 4.78 is 0. The summed E-state index contributed by atoms with van der Waals surface area (Å²) in [4.78, 5) is 26.8. The number of anilines is 1. The highest BCUT2D eigenvalue weighted by Gasteiger charge is 2.43. The Kier molecular flexibility index (Phi) is 3.70. The summed E-state index contributed by atoms with van der Waals surface area (Å²) >= 11 is 0. The largest absolute Gasteiger partial charge is 0.398 e. The number of nitrogens with zero attached hydrogens (tertiary/aromatic N) is 1. The van der Waals surface area contributed by atoms with Crippen LogP contribution in [0.15, 0.2) is 18.2 Å². The van der Waals surface area contributed by atoms with Crippen molar-refractivity contribution in [3.8, 4) is 0 Å². The predicted molar refractivity (Wildman–Crippen MR) is 82.0 cm³/mol. The van der Waals surface area contributed by atoms with Gasteiger partial charge in [-0.25, -0.2) is 0 Å². The standard InChI is InChI=1S/C17H22N2O2/c1-2-14(11-7-4-3-5-8-11)19-16(20)12-9-6-10-13(18)15(12)17(19)21/h6,9-11,14H,2-5,7-8,18H2,1H3. The number of imide groups is 1. The fourth-order valence-electron chi connectivity index (χ4n) is 3.88. The highest BCUT2D eigenvalue weighted by molar-refractivity contribution is 6.23. The van der Waals surface area contributed by atoms with Crippen molar-refractivity contribution in [2.45, 2.75) is 51.5 Å². The molecule has 0 radical (unpaired) electrons. The molecule has 4 nitrogen and oxygen atoms in total. The van der Waals surface area contributed by atoms with Gasteiger partial charge in [-0.05, 0) is 37.3 Å². The Balaban J connectivity index is 1.94. The molecule has 1 aromatic carbocycles. The first kappa shape index (κ1) is 14.1. The molecule has 1 aliphatic heterocycles. The number of rotatable bonds is 3. The lowest BCUT2D eigenvalue weighted by Gasteiger charge is -2.34. The SMILES string of the molecule is CCC(C1CCCCC1)N1C(=O)c2cccc(N)c2C1=O. The molecule has 1 heterocycles. The minimum atomic E-state index is -0.203. The molecule has 1 aromatic rings. The van der Waals surface area contributed by atoms with E-state index in [-0.39, 0.29) is 17.9 Å². The highest BCUT2D eigenvalue weighted by Crippen LogP contribution is 2.36. The maximum Gasteiger partial charge on any atom is 0.263 e. The number of hydrogen-bond acceptors (Lipinski definition) is 3. The fraction of sp³-hybridized carbons (Fsp3) is 0.529. The summed E-state index contributed by atoms with van der Waals surface area (Å²) in [5, 5.41) is 0. The van der Waals surface area contributed by atoms with Crippen molar-refractivity contribution >= 4 is 17.5 Å². The van der Waals surface area contributed by atoms with Crippen molar-refractivity contribution in [3.63, 3.8) is 0 Å². The van der Waals surface area contributed by atoms with E-state index in [4.69, 9.17) is 5.73 Å². The maximum atomic E-state index is 12.7. The average molecular weight is 286 g/mol. The minimum Gasteiger partial charge on any atom is -0.398 e. The van der Waals surface area contributed by atoms with Crippen molar-refractivity contribution in [3.05, 3.63) is 29.3 Å². The van der Waals surface area contributed by atoms with Gasteiger partial charge in [-0.3, -0.25) is 14.5 Å². The summed E-state index contributed by atoms with van der Waals surface area (Å²) in [6, 6.07) is 5.15. The lowest BCUT2D eigenvalue weighted by atomic mass is 9.82. The molecule has 1 atom stereocenters. The van der Waals surface area contributed by atoms with Crippen LogP contribution in [0.5, 0.6) is 0 Å². The predicted octanol–water partition coefficient (Wildman–Crippen LogP) is 3.22. The number of benzene rings is 1. The van der Waals surface area contributed by atoms with Gasteiger partial charge in [0.2, 0.25) is 0 Å². The number of carbonyl (C=O) groups excluding carboxylic acids is 2. The highest BCUT2D eigenvalue weighted by atomic mass is 16.2. The van der Waals surface area contributed by atoms with E-state index in [1.165, 1.54) is 24.2 Å². The van der Waals surface area contributed by atoms with Gasteiger partial charge >= 0.3 is 0 Å². The van der Waals surface area contributed by atoms with Crippen LogP contribution in [0.25, 0.3) is 0 Å². The smallest absolute Gasteiger partial charge is 0.263 e. The Bertz CT molecular complexity index is 576. The number of nitrogen functional groups attached to an aromatic ring is 1. The number of amides is 2. The number of hydrogen-bond donors (Lipinski definition) is 1. The van der Waals surface area contributed by atoms with E-state index in [9.17, 15) is 9.59 Å². The van der Waals surface area contributed by atoms with Crippen LogP contribution in [0.1, 0.15) is 66.2 Å². The first-order chi connectivity index (χ1) is 10.1.